The van der Waals surface area contributed by atoms with Gasteiger partial charge < -0.3 is 14.6 Å². The molecule has 3 aromatic rings. The third-order valence-electron chi connectivity index (χ3n) is 4.47. The van der Waals surface area contributed by atoms with Gasteiger partial charge in [0.15, 0.2) is 4.80 Å². The van der Waals surface area contributed by atoms with Gasteiger partial charge in [-0.1, -0.05) is 17.4 Å². The fraction of sp³-hybridized carbons (Fsp3) is 0.286. The first-order chi connectivity index (χ1) is 13.4. The maximum absolute atomic E-state index is 12.7. The molecule has 6 nitrogen and oxygen atoms in total. The molecule has 3 rings (SSSR count). The predicted molar refractivity (Wildman–Crippen MR) is 112 cm³/mol. The first-order valence-electron chi connectivity index (χ1n) is 8.95. The number of ether oxygens (including phenoxy) is 1. The van der Waals surface area contributed by atoms with Crippen molar-refractivity contribution in [3.63, 3.8) is 0 Å². The van der Waals surface area contributed by atoms with Crippen molar-refractivity contribution in [1.82, 2.24) is 4.57 Å². The molecule has 0 unspecified atom stereocenters. The van der Waals surface area contributed by atoms with Crippen LogP contribution in [0.2, 0.25) is 0 Å². The number of rotatable bonds is 5. The molecule has 0 fully saturated rings. The van der Waals surface area contributed by atoms with Crippen molar-refractivity contribution < 1.29 is 14.3 Å². The van der Waals surface area contributed by atoms with E-state index in [1.807, 2.05) is 48.7 Å². The third kappa shape index (κ3) is 4.37. The van der Waals surface area contributed by atoms with Crippen LogP contribution in [0.1, 0.15) is 28.4 Å². The number of thiazole rings is 1. The number of nitrogens with one attached hydrogen (secondary N) is 1. The molecule has 0 saturated heterocycles. The number of benzene rings is 2. The minimum absolute atomic E-state index is 0.127. The molecule has 0 aliphatic carbocycles. The predicted octanol–water partition coefficient (Wildman–Crippen LogP) is 3.67. The Morgan fingerprint density at radius 3 is 2.61 bits per heavy atom. The zero-order chi connectivity index (χ0) is 20.3. The fourth-order valence-corrected chi connectivity index (χ4v) is 3.96. The standard InChI is InChI=1S/C21H23N3O3S/c1-13-5-6-16(11-14(13)2)20(26)23-21-24(9-10-27-4)18-8-7-17(22-15(3)25)12-19(18)28-21/h5-8,11-12H,9-10H2,1-4H3,(H,22,25). The molecule has 0 aliphatic rings. The highest BCUT2D eigenvalue weighted by Gasteiger charge is 2.11. The molecular weight excluding hydrogens is 374 g/mol. The Morgan fingerprint density at radius 1 is 1.14 bits per heavy atom. The van der Waals surface area contributed by atoms with Gasteiger partial charge in [0.2, 0.25) is 5.91 Å². The molecule has 2 amide bonds. The van der Waals surface area contributed by atoms with Crippen molar-refractivity contribution in [3.8, 4) is 0 Å². The first kappa shape index (κ1) is 20.0. The number of hydrogen-bond acceptors (Lipinski definition) is 4. The van der Waals surface area contributed by atoms with Gasteiger partial charge in [-0.3, -0.25) is 9.59 Å². The second-order valence-corrected chi connectivity index (χ2v) is 7.62. The number of carbonyl (C=O) groups is 2. The summed E-state index contributed by atoms with van der Waals surface area (Å²) < 4.78 is 8.13. The minimum Gasteiger partial charge on any atom is -0.383 e. The van der Waals surface area contributed by atoms with Gasteiger partial charge in [0, 0.05) is 31.8 Å². The number of aromatic nitrogens is 1. The van der Waals surface area contributed by atoms with Gasteiger partial charge in [-0.2, -0.15) is 4.99 Å². The zero-order valence-electron chi connectivity index (χ0n) is 16.4. The maximum Gasteiger partial charge on any atom is 0.279 e. The quantitative estimate of drug-likeness (QED) is 0.714. The Morgan fingerprint density at radius 2 is 1.93 bits per heavy atom. The van der Waals surface area contributed by atoms with Crippen LogP contribution in [0.4, 0.5) is 5.69 Å². The van der Waals surface area contributed by atoms with Crippen LogP contribution < -0.4 is 10.1 Å². The van der Waals surface area contributed by atoms with Crippen molar-refractivity contribution >= 4 is 39.1 Å². The van der Waals surface area contributed by atoms with Gasteiger partial charge in [0.05, 0.1) is 16.8 Å². The molecule has 1 N–H and O–H groups in total. The van der Waals surface area contributed by atoms with E-state index in [2.05, 4.69) is 10.3 Å². The van der Waals surface area contributed by atoms with E-state index in [0.29, 0.717) is 29.2 Å². The lowest BCUT2D eigenvalue weighted by molar-refractivity contribution is -0.114. The summed E-state index contributed by atoms with van der Waals surface area (Å²) in [4.78, 5) is 29.0. The van der Waals surface area contributed by atoms with Crippen LogP contribution >= 0.6 is 11.3 Å². The number of anilines is 1. The molecule has 0 bridgehead atoms. The molecule has 0 spiro atoms. The highest BCUT2D eigenvalue weighted by Crippen LogP contribution is 2.22. The van der Waals surface area contributed by atoms with Crippen molar-refractivity contribution in [3.05, 3.63) is 57.9 Å². The SMILES string of the molecule is COCCn1c(=NC(=O)c2ccc(C)c(C)c2)sc2cc(NC(C)=O)ccc21. The summed E-state index contributed by atoms with van der Waals surface area (Å²) in [6, 6.07) is 11.3. The number of nitrogens with zero attached hydrogens (tertiary/aromatic N) is 2. The first-order valence-corrected chi connectivity index (χ1v) is 9.77. The molecule has 28 heavy (non-hydrogen) atoms. The lowest BCUT2D eigenvalue weighted by Crippen LogP contribution is -2.19. The summed E-state index contributed by atoms with van der Waals surface area (Å²) >= 11 is 1.41. The van der Waals surface area contributed by atoms with E-state index in [1.54, 1.807) is 13.2 Å². The fourth-order valence-electron chi connectivity index (χ4n) is 2.86. The molecule has 0 atom stereocenters. The van der Waals surface area contributed by atoms with E-state index >= 15 is 0 Å². The van der Waals surface area contributed by atoms with Crippen molar-refractivity contribution in [2.75, 3.05) is 19.0 Å². The highest BCUT2D eigenvalue weighted by atomic mass is 32.1. The largest absolute Gasteiger partial charge is 0.383 e. The average Bonchev–Trinajstić information content (AvgIpc) is 2.97. The van der Waals surface area contributed by atoms with Crippen molar-refractivity contribution in [2.45, 2.75) is 27.3 Å². The van der Waals surface area contributed by atoms with Gasteiger partial charge in [0.25, 0.3) is 5.91 Å². The number of hydrogen-bond donors (Lipinski definition) is 1. The van der Waals surface area contributed by atoms with E-state index in [0.717, 1.165) is 21.3 Å². The Bertz CT molecular complexity index is 1110. The van der Waals surface area contributed by atoms with Crippen LogP contribution in [-0.2, 0) is 16.1 Å². The van der Waals surface area contributed by atoms with Gasteiger partial charge >= 0.3 is 0 Å². The number of aryl methyl sites for hydroxylation is 2. The smallest absolute Gasteiger partial charge is 0.279 e. The van der Waals surface area contributed by atoms with Gasteiger partial charge in [-0.05, 0) is 55.3 Å². The van der Waals surface area contributed by atoms with Gasteiger partial charge in [0.1, 0.15) is 0 Å². The third-order valence-corrected chi connectivity index (χ3v) is 5.51. The second kappa shape index (κ2) is 8.50. The maximum atomic E-state index is 12.7. The van der Waals surface area contributed by atoms with E-state index in [1.165, 1.54) is 18.3 Å². The van der Waals surface area contributed by atoms with Crippen molar-refractivity contribution in [2.24, 2.45) is 4.99 Å². The molecular formula is C21H23N3O3S. The van der Waals surface area contributed by atoms with E-state index in [-0.39, 0.29) is 11.8 Å². The van der Waals surface area contributed by atoms with Crippen LogP contribution in [0.5, 0.6) is 0 Å². The molecule has 146 valence electrons. The van der Waals surface area contributed by atoms with E-state index in [9.17, 15) is 9.59 Å². The topological polar surface area (TPSA) is 72.7 Å². The number of amides is 2. The average molecular weight is 398 g/mol. The summed E-state index contributed by atoms with van der Waals surface area (Å²) in [6.07, 6.45) is 0. The van der Waals surface area contributed by atoms with E-state index < -0.39 is 0 Å². The number of carbonyl (C=O) groups excluding carboxylic acids is 2. The highest BCUT2D eigenvalue weighted by molar-refractivity contribution is 7.16. The Labute approximate surface area is 167 Å². The number of methoxy groups -OCH3 is 1. The second-order valence-electron chi connectivity index (χ2n) is 6.61. The number of fused-ring (bicyclic) bond motifs is 1. The molecule has 7 heteroatoms. The molecule has 0 aliphatic heterocycles. The molecule has 2 aromatic carbocycles. The minimum atomic E-state index is -0.275. The summed E-state index contributed by atoms with van der Waals surface area (Å²) in [6.45, 7) is 6.55. The van der Waals surface area contributed by atoms with Crippen molar-refractivity contribution in [1.29, 1.82) is 0 Å². The van der Waals surface area contributed by atoms with Gasteiger partial charge in [-0.25, -0.2) is 0 Å². The Kier molecular flexibility index (Phi) is 6.06. The van der Waals surface area contributed by atoms with Crippen LogP contribution in [0.25, 0.3) is 10.2 Å². The van der Waals surface area contributed by atoms with Crippen LogP contribution in [0.15, 0.2) is 41.4 Å². The molecule has 0 radical (unpaired) electrons. The lowest BCUT2D eigenvalue weighted by atomic mass is 10.1. The van der Waals surface area contributed by atoms with Crippen LogP contribution in [0, 0.1) is 13.8 Å². The lowest BCUT2D eigenvalue weighted by Gasteiger charge is -2.06. The molecule has 1 heterocycles. The van der Waals surface area contributed by atoms with Gasteiger partial charge in [-0.15, -0.1) is 0 Å². The monoisotopic (exact) mass is 397 g/mol. The van der Waals surface area contributed by atoms with E-state index in [4.69, 9.17) is 4.74 Å². The Hall–Kier alpha value is -2.77. The Balaban J connectivity index is 2.08. The zero-order valence-corrected chi connectivity index (χ0v) is 17.2. The molecule has 0 saturated carbocycles. The summed E-state index contributed by atoms with van der Waals surface area (Å²) in [5.41, 5.74) is 4.43. The summed E-state index contributed by atoms with van der Waals surface area (Å²) in [5.74, 6) is -0.402. The van der Waals surface area contributed by atoms with Crippen LogP contribution in [-0.4, -0.2) is 30.1 Å². The molecule has 1 aromatic heterocycles. The summed E-state index contributed by atoms with van der Waals surface area (Å²) in [5, 5.41) is 2.78. The van der Waals surface area contributed by atoms with Crippen LogP contribution in [0.3, 0.4) is 0 Å². The normalized spacial score (nSPS) is 11.8. The summed E-state index contributed by atoms with van der Waals surface area (Å²) in [7, 11) is 1.64.